The van der Waals surface area contributed by atoms with Crippen molar-refractivity contribution >= 4 is 11.8 Å². The van der Waals surface area contributed by atoms with Crippen LogP contribution in [0.25, 0.3) is 0 Å². The third-order valence-corrected chi connectivity index (χ3v) is 4.33. The molecule has 1 saturated heterocycles. The molecule has 2 aliphatic rings. The van der Waals surface area contributed by atoms with Crippen LogP contribution in [-0.2, 0) is 9.59 Å². The summed E-state index contributed by atoms with van der Waals surface area (Å²) in [7, 11) is 0. The van der Waals surface area contributed by atoms with E-state index in [4.69, 9.17) is 0 Å². The predicted molar refractivity (Wildman–Crippen MR) is 74.6 cm³/mol. The summed E-state index contributed by atoms with van der Waals surface area (Å²) < 4.78 is 0. The maximum atomic E-state index is 12.4. The molecular weight excluding hydrogens is 240 g/mol. The van der Waals surface area contributed by atoms with Gasteiger partial charge in [0.15, 0.2) is 0 Å². The van der Waals surface area contributed by atoms with Gasteiger partial charge in [0.2, 0.25) is 11.8 Å². The van der Waals surface area contributed by atoms with Gasteiger partial charge >= 0.3 is 0 Å². The van der Waals surface area contributed by atoms with Gasteiger partial charge in [-0.25, -0.2) is 0 Å². The molecule has 0 unspecified atom stereocenters. The highest BCUT2D eigenvalue weighted by atomic mass is 16.2. The molecule has 1 aliphatic carbocycles. The first kappa shape index (κ1) is 14.4. The van der Waals surface area contributed by atoms with E-state index in [1.54, 1.807) is 0 Å². The first-order valence-corrected chi connectivity index (χ1v) is 7.79. The Morgan fingerprint density at radius 2 is 1.58 bits per heavy atom. The molecule has 19 heavy (non-hydrogen) atoms. The lowest BCUT2D eigenvalue weighted by molar-refractivity contribution is -0.136. The Hall–Kier alpha value is -1.06. The first-order valence-electron chi connectivity index (χ1n) is 7.79. The van der Waals surface area contributed by atoms with E-state index in [9.17, 15) is 9.59 Å². The zero-order valence-corrected chi connectivity index (χ0v) is 12.1. The predicted octanol–water partition coefficient (Wildman–Crippen LogP) is 2.04. The minimum absolute atomic E-state index is 0.248. The minimum Gasteiger partial charge on any atom is -0.341 e. The molecule has 1 saturated carbocycles. The smallest absolute Gasteiger partial charge is 0.225 e. The van der Waals surface area contributed by atoms with Crippen molar-refractivity contribution in [2.75, 3.05) is 26.2 Å². The molecule has 2 amide bonds. The van der Waals surface area contributed by atoms with Crippen LogP contribution in [0.1, 0.15) is 51.9 Å². The van der Waals surface area contributed by atoms with E-state index in [0.717, 1.165) is 51.9 Å². The summed E-state index contributed by atoms with van der Waals surface area (Å²) in [6.45, 7) is 5.12. The number of carbonyl (C=O) groups excluding carboxylic acids is 2. The number of carbonyl (C=O) groups is 2. The fourth-order valence-corrected chi connectivity index (χ4v) is 3.19. The van der Waals surface area contributed by atoms with Crippen molar-refractivity contribution < 1.29 is 9.59 Å². The lowest BCUT2D eigenvalue weighted by Gasteiger charge is -2.24. The molecule has 0 atom stereocenters. The van der Waals surface area contributed by atoms with Crippen LogP contribution < -0.4 is 0 Å². The first-order chi connectivity index (χ1) is 9.22. The molecule has 1 aliphatic heterocycles. The van der Waals surface area contributed by atoms with E-state index in [1.165, 1.54) is 12.8 Å². The van der Waals surface area contributed by atoms with Crippen molar-refractivity contribution in [3.05, 3.63) is 0 Å². The normalized spacial score (nSPS) is 21.5. The molecule has 1 heterocycles. The maximum absolute atomic E-state index is 12.4. The fraction of sp³-hybridized carbons (Fsp3) is 0.867. The summed E-state index contributed by atoms with van der Waals surface area (Å²) in [6, 6.07) is 0. The molecule has 0 aromatic rings. The van der Waals surface area contributed by atoms with Crippen molar-refractivity contribution in [2.45, 2.75) is 51.9 Å². The Kier molecular flexibility index (Phi) is 5.23. The highest BCUT2D eigenvalue weighted by Crippen LogP contribution is 2.26. The average Bonchev–Trinajstić information content (AvgIpc) is 2.82. The topological polar surface area (TPSA) is 40.6 Å². The second kappa shape index (κ2) is 6.92. The van der Waals surface area contributed by atoms with E-state index in [-0.39, 0.29) is 11.8 Å². The molecular formula is C15H26N2O2. The number of nitrogens with zero attached hydrogens (tertiary/aromatic N) is 2. The second-order valence-corrected chi connectivity index (χ2v) is 5.79. The monoisotopic (exact) mass is 266 g/mol. The largest absolute Gasteiger partial charge is 0.341 e. The molecule has 4 heteroatoms. The van der Waals surface area contributed by atoms with Gasteiger partial charge in [-0.3, -0.25) is 9.59 Å². The van der Waals surface area contributed by atoms with Crippen LogP contribution in [0.5, 0.6) is 0 Å². The third-order valence-electron chi connectivity index (χ3n) is 4.33. The molecule has 2 fully saturated rings. The lowest BCUT2D eigenvalue weighted by Crippen LogP contribution is -2.39. The van der Waals surface area contributed by atoms with Gasteiger partial charge < -0.3 is 9.80 Å². The number of hydrogen-bond donors (Lipinski definition) is 0. The Balaban J connectivity index is 1.85. The van der Waals surface area contributed by atoms with Gasteiger partial charge in [0.25, 0.3) is 0 Å². The molecule has 4 nitrogen and oxygen atoms in total. The quantitative estimate of drug-likeness (QED) is 0.784. The fourth-order valence-electron chi connectivity index (χ4n) is 3.19. The summed E-state index contributed by atoms with van der Waals surface area (Å²) in [5.41, 5.74) is 0. The summed E-state index contributed by atoms with van der Waals surface area (Å²) in [5, 5.41) is 0. The Bertz CT molecular complexity index is 324. The van der Waals surface area contributed by atoms with E-state index in [0.29, 0.717) is 12.3 Å². The summed E-state index contributed by atoms with van der Waals surface area (Å²) in [4.78, 5) is 28.2. The highest BCUT2D eigenvalue weighted by Gasteiger charge is 2.28. The van der Waals surface area contributed by atoms with E-state index in [1.807, 2.05) is 16.7 Å². The van der Waals surface area contributed by atoms with Crippen LogP contribution >= 0.6 is 0 Å². The molecule has 0 bridgehead atoms. The van der Waals surface area contributed by atoms with Crippen LogP contribution in [0.15, 0.2) is 0 Å². The highest BCUT2D eigenvalue weighted by molar-refractivity contribution is 5.79. The summed E-state index contributed by atoms with van der Waals surface area (Å²) in [6.07, 6.45) is 6.99. The molecule has 0 aromatic carbocycles. The minimum atomic E-state index is 0.248. The third kappa shape index (κ3) is 3.71. The maximum Gasteiger partial charge on any atom is 0.225 e. The second-order valence-electron chi connectivity index (χ2n) is 5.79. The van der Waals surface area contributed by atoms with Gasteiger partial charge in [-0.05, 0) is 25.7 Å². The van der Waals surface area contributed by atoms with Crippen molar-refractivity contribution in [2.24, 2.45) is 5.92 Å². The number of hydrogen-bond acceptors (Lipinski definition) is 2. The molecule has 2 rings (SSSR count). The lowest BCUT2D eigenvalue weighted by atomic mass is 10.1. The molecule has 0 spiro atoms. The van der Waals surface area contributed by atoms with Crippen LogP contribution in [0, 0.1) is 5.92 Å². The molecule has 108 valence electrons. The summed E-state index contributed by atoms with van der Waals surface area (Å²) >= 11 is 0. The average molecular weight is 266 g/mol. The number of amides is 2. The van der Waals surface area contributed by atoms with Gasteiger partial charge in [0.1, 0.15) is 0 Å². The molecule has 0 N–H and O–H groups in total. The van der Waals surface area contributed by atoms with E-state index < -0.39 is 0 Å². The van der Waals surface area contributed by atoms with E-state index >= 15 is 0 Å². The van der Waals surface area contributed by atoms with Crippen molar-refractivity contribution in [1.82, 2.24) is 9.80 Å². The van der Waals surface area contributed by atoms with Crippen LogP contribution in [0.2, 0.25) is 0 Å². The Morgan fingerprint density at radius 1 is 0.947 bits per heavy atom. The zero-order chi connectivity index (χ0) is 13.7. The van der Waals surface area contributed by atoms with Crippen LogP contribution in [0.4, 0.5) is 0 Å². The van der Waals surface area contributed by atoms with Crippen molar-refractivity contribution in [3.63, 3.8) is 0 Å². The van der Waals surface area contributed by atoms with Crippen LogP contribution in [0.3, 0.4) is 0 Å². The van der Waals surface area contributed by atoms with Crippen LogP contribution in [-0.4, -0.2) is 47.8 Å². The SMILES string of the molecule is CCCC(=O)N1CCCN(C(=O)C2CCCC2)CC1. The number of rotatable bonds is 3. The van der Waals surface area contributed by atoms with E-state index in [2.05, 4.69) is 0 Å². The van der Waals surface area contributed by atoms with Gasteiger partial charge in [-0.15, -0.1) is 0 Å². The van der Waals surface area contributed by atoms with Crippen molar-refractivity contribution in [1.29, 1.82) is 0 Å². The van der Waals surface area contributed by atoms with Gasteiger partial charge in [-0.2, -0.15) is 0 Å². The molecule has 0 radical (unpaired) electrons. The summed E-state index contributed by atoms with van der Waals surface area (Å²) in [5.74, 6) is 0.845. The van der Waals surface area contributed by atoms with Crippen molar-refractivity contribution in [3.8, 4) is 0 Å². The van der Waals surface area contributed by atoms with Gasteiger partial charge in [-0.1, -0.05) is 19.8 Å². The molecule has 0 aromatic heterocycles. The standard InChI is InChI=1S/C15H26N2O2/c1-2-6-14(18)16-9-5-10-17(12-11-16)15(19)13-7-3-4-8-13/h13H,2-12H2,1H3. The Morgan fingerprint density at radius 3 is 2.26 bits per heavy atom. The Labute approximate surface area is 116 Å². The van der Waals surface area contributed by atoms with Gasteiger partial charge in [0, 0.05) is 38.5 Å². The zero-order valence-electron chi connectivity index (χ0n) is 12.1. The van der Waals surface area contributed by atoms with Gasteiger partial charge in [0.05, 0.1) is 0 Å².